The summed E-state index contributed by atoms with van der Waals surface area (Å²) in [5, 5.41) is 14.5. The van der Waals surface area contributed by atoms with Crippen molar-refractivity contribution in [3.63, 3.8) is 0 Å². The Balaban J connectivity index is 1.87. The van der Waals surface area contributed by atoms with Gasteiger partial charge in [0.1, 0.15) is 6.54 Å². The molecule has 0 bridgehead atoms. The molecule has 0 unspecified atom stereocenters. The highest BCUT2D eigenvalue weighted by Crippen LogP contribution is 2.25. The predicted octanol–water partition coefficient (Wildman–Crippen LogP) is 2.89. The smallest absolute Gasteiger partial charge is 0.236 e. The van der Waals surface area contributed by atoms with E-state index in [9.17, 15) is 13.2 Å². The summed E-state index contributed by atoms with van der Waals surface area (Å²) in [6, 6.07) is 8.86. The molecule has 0 radical (unpaired) electrons. The zero-order valence-electron chi connectivity index (χ0n) is 11.8. The SMILES string of the molecule is Cc1cc(Cn2nnc(C(F)(F)F)n2)nn1-c1ccccc1Cl. The third-order valence-electron chi connectivity index (χ3n) is 3.03. The van der Waals surface area contributed by atoms with E-state index >= 15 is 0 Å². The molecule has 10 heteroatoms. The number of rotatable bonds is 3. The van der Waals surface area contributed by atoms with Gasteiger partial charge in [0, 0.05) is 5.69 Å². The Morgan fingerprint density at radius 1 is 1.17 bits per heavy atom. The summed E-state index contributed by atoms with van der Waals surface area (Å²) in [4.78, 5) is 0.849. The molecular weight excluding hydrogens is 333 g/mol. The number of benzene rings is 1. The highest BCUT2D eigenvalue weighted by molar-refractivity contribution is 6.32. The van der Waals surface area contributed by atoms with Crippen LogP contribution < -0.4 is 0 Å². The third kappa shape index (κ3) is 3.19. The second-order valence-corrected chi connectivity index (χ2v) is 5.19. The molecule has 120 valence electrons. The van der Waals surface area contributed by atoms with Crippen LogP contribution in [0.25, 0.3) is 5.69 Å². The fourth-order valence-corrected chi connectivity index (χ4v) is 2.27. The zero-order chi connectivity index (χ0) is 16.6. The van der Waals surface area contributed by atoms with Crippen molar-refractivity contribution in [3.05, 3.63) is 52.6 Å². The van der Waals surface area contributed by atoms with E-state index in [1.807, 2.05) is 13.0 Å². The standard InChI is InChI=1S/C13H10ClF3N6/c1-8-6-9(7-22-20-12(18-21-22)13(15,16)17)19-23(8)11-5-3-2-4-10(11)14/h2-6H,7H2,1H3. The minimum Gasteiger partial charge on any atom is -0.236 e. The van der Waals surface area contributed by atoms with Gasteiger partial charge < -0.3 is 0 Å². The van der Waals surface area contributed by atoms with Crippen molar-refractivity contribution in [1.82, 2.24) is 30.0 Å². The zero-order valence-corrected chi connectivity index (χ0v) is 12.5. The lowest BCUT2D eigenvalue weighted by molar-refractivity contribution is -0.145. The summed E-state index contributed by atoms with van der Waals surface area (Å²) in [6.07, 6.45) is -4.62. The Hall–Kier alpha value is -2.42. The molecule has 0 aliphatic carbocycles. The molecule has 0 amide bonds. The summed E-state index contributed by atoms with van der Waals surface area (Å²) in [7, 11) is 0. The van der Waals surface area contributed by atoms with E-state index in [0.717, 1.165) is 10.5 Å². The summed E-state index contributed by atoms with van der Waals surface area (Å²) in [6.45, 7) is 1.79. The second-order valence-electron chi connectivity index (χ2n) is 4.78. The molecule has 23 heavy (non-hydrogen) atoms. The van der Waals surface area contributed by atoms with Gasteiger partial charge >= 0.3 is 6.18 Å². The van der Waals surface area contributed by atoms with E-state index in [2.05, 4.69) is 20.5 Å². The number of hydrogen-bond acceptors (Lipinski definition) is 4. The number of halogens is 4. The predicted molar refractivity (Wildman–Crippen MR) is 75.2 cm³/mol. The molecule has 2 aromatic heterocycles. The molecule has 0 N–H and O–H groups in total. The van der Waals surface area contributed by atoms with Gasteiger partial charge in [0.15, 0.2) is 0 Å². The van der Waals surface area contributed by atoms with Gasteiger partial charge in [-0.25, -0.2) is 4.68 Å². The maximum atomic E-state index is 12.5. The van der Waals surface area contributed by atoms with Crippen LogP contribution in [0, 0.1) is 6.92 Å². The van der Waals surface area contributed by atoms with Gasteiger partial charge in [-0.2, -0.15) is 23.1 Å². The quantitative estimate of drug-likeness (QED) is 0.734. The van der Waals surface area contributed by atoms with Crippen LogP contribution in [-0.4, -0.2) is 30.0 Å². The molecule has 0 saturated carbocycles. The molecule has 3 aromatic rings. The number of tetrazole rings is 1. The molecule has 6 nitrogen and oxygen atoms in total. The first kappa shape index (κ1) is 15.5. The Bertz CT molecular complexity index is 838. The van der Waals surface area contributed by atoms with Crippen LogP contribution >= 0.6 is 11.6 Å². The molecule has 3 rings (SSSR count). The van der Waals surface area contributed by atoms with Gasteiger partial charge in [0.05, 0.1) is 16.4 Å². The van der Waals surface area contributed by atoms with Crippen LogP contribution in [0.2, 0.25) is 5.02 Å². The van der Waals surface area contributed by atoms with E-state index < -0.39 is 12.0 Å². The van der Waals surface area contributed by atoms with Gasteiger partial charge in [0.2, 0.25) is 0 Å². The molecule has 0 atom stereocenters. The van der Waals surface area contributed by atoms with Gasteiger partial charge in [-0.3, -0.25) is 0 Å². The van der Waals surface area contributed by atoms with Crippen molar-refractivity contribution in [3.8, 4) is 5.69 Å². The first-order valence-electron chi connectivity index (χ1n) is 6.50. The van der Waals surface area contributed by atoms with E-state index in [-0.39, 0.29) is 6.54 Å². The molecule has 0 aliphatic rings. The monoisotopic (exact) mass is 342 g/mol. The van der Waals surface area contributed by atoms with Crippen LogP contribution in [-0.2, 0) is 12.7 Å². The number of aromatic nitrogens is 6. The van der Waals surface area contributed by atoms with E-state index in [1.54, 1.807) is 28.9 Å². The van der Waals surface area contributed by atoms with Crippen molar-refractivity contribution in [2.45, 2.75) is 19.6 Å². The normalized spacial score (nSPS) is 11.9. The molecule has 0 aliphatic heterocycles. The fraction of sp³-hybridized carbons (Fsp3) is 0.231. The Morgan fingerprint density at radius 3 is 2.57 bits per heavy atom. The summed E-state index contributed by atoms with van der Waals surface area (Å²) >= 11 is 6.13. The third-order valence-corrected chi connectivity index (χ3v) is 3.35. The number of hydrogen-bond donors (Lipinski definition) is 0. The minimum absolute atomic E-state index is 0.0264. The van der Waals surface area contributed by atoms with Crippen LogP contribution in [0.3, 0.4) is 0 Å². The molecule has 1 aromatic carbocycles. The lowest BCUT2D eigenvalue weighted by atomic mass is 10.3. The molecule has 2 heterocycles. The van der Waals surface area contributed by atoms with Gasteiger partial charge in [-0.1, -0.05) is 23.7 Å². The number of alkyl halides is 3. The number of para-hydroxylation sites is 1. The minimum atomic E-state index is -4.62. The maximum absolute atomic E-state index is 12.5. The summed E-state index contributed by atoms with van der Waals surface area (Å²) in [5.74, 6) is -1.28. The Labute approximate surface area is 133 Å². The summed E-state index contributed by atoms with van der Waals surface area (Å²) < 4.78 is 39.0. The molecule has 0 spiro atoms. The maximum Gasteiger partial charge on any atom is 0.455 e. The lowest BCUT2D eigenvalue weighted by Crippen LogP contribution is -2.10. The van der Waals surface area contributed by atoms with E-state index in [1.165, 1.54) is 0 Å². The van der Waals surface area contributed by atoms with Crippen molar-refractivity contribution in [2.24, 2.45) is 0 Å². The van der Waals surface area contributed by atoms with Gasteiger partial charge in [0.25, 0.3) is 5.82 Å². The van der Waals surface area contributed by atoms with Crippen LogP contribution in [0.1, 0.15) is 17.2 Å². The van der Waals surface area contributed by atoms with Gasteiger partial charge in [-0.15, -0.1) is 10.2 Å². The van der Waals surface area contributed by atoms with Crippen LogP contribution in [0.4, 0.5) is 13.2 Å². The average Bonchev–Trinajstić information content (AvgIpc) is 3.06. The van der Waals surface area contributed by atoms with E-state index in [0.29, 0.717) is 16.4 Å². The van der Waals surface area contributed by atoms with Gasteiger partial charge in [-0.05, 0) is 30.3 Å². The fourth-order valence-electron chi connectivity index (χ4n) is 2.05. The second kappa shape index (κ2) is 5.65. The van der Waals surface area contributed by atoms with Crippen molar-refractivity contribution >= 4 is 11.6 Å². The molecule has 0 saturated heterocycles. The summed E-state index contributed by atoms with van der Waals surface area (Å²) in [5.41, 5.74) is 1.96. The molecule has 0 fully saturated rings. The number of aryl methyl sites for hydroxylation is 1. The highest BCUT2D eigenvalue weighted by Gasteiger charge is 2.36. The largest absolute Gasteiger partial charge is 0.455 e. The van der Waals surface area contributed by atoms with Crippen LogP contribution in [0.15, 0.2) is 30.3 Å². The van der Waals surface area contributed by atoms with Crippen LogP contribution in [0.5, 0.6) is 0 Å². The number of nitrogens with zero attached hydrogens (tertiary/aromatic N) is 6. The van der Waals surface area contributed by atoms with E-state index in [4.69, 9.17) is 11.6 Å². The molecular formula is C13H10ClF3N6. The Kier molecular flexibility index (Phi) is 3.80. The van der Waals surface area contributed by atoms with Crippen molar-refractivity contribution < 1.29 is 13.2 Å². The first-order valence-corrected chi connectivity index (χ1v) is 6.88. The van der Waals surface area contributed by atoms with Crippen molar-refractivity contribution in [1.29, 1.82) is 0 Å². The first-order chi connectivity index (χ1) is 10.8. The van der Waals surface area contributed by atoms with Crippen molar-refractivity contribution in [2.75, 3.05) is 0 Å². The topological polar surface area (TPSA) is 61.4 Å². The average molecular weight is 343 g/mol. The Morgan fingerprint density at radius 2 is 1.91 bits per heavy atom. The lowest BCUT2D eigenvalue weighted by Gasteiger charge is -2.05. The highest BCUT2D eigenvalue weighted by atomic mass is 35.5.